The minimum absolute atomic E-state index is 0.223. The van der Waals surface area contributed by atoms with E-state index >= 15 is 0 Å². The summed E-state index contributed by atoms with van der Waals surface area (Å²) >= 11 is 0. The average Bonchev–Trinajstić information content (AvgIpc) is 2.48. The summed E-state index contributed by atoms with van der Waals surface area (Å²) < 4.78 is 24.1. The molecule has 0 spiro atoms. The fraction of sp³-hybridized carbons (Fsp3) is 0.312. The molecule has 0 aliphatic heterocycles. The number of pyridine rings is 1. The smallest absolute Gasteiger partial charge is 0.131 e. The highest BCUT2D eigenvalue weighted by atomic mass is 19.1. The van der Waals surface area contributed by atoms with E-state index < -0.39 is 5.82 Å². The number of aliphatic hydroxyl groups is 1. The average molecular weight is 291 g/mol. The van der Waals surface area contributed by atoms with Crippen molar-refractivity contribution in [1.29, 1.82) is 0 Å². The molecule has 1 aromatic heterocycles. The van der Waals surface area contributed by atoms with Gasteiger partial charge in [-0.05, 0) is 32.0 Å². The summed E-state index contributed by atoms with van der Waals surface area (Å²) in [6.07, 6.45) is 1.72. The SMILES string of the molecule is COc1c(C)cnc(COc2ccc(F)cc2CO)c1C. The van der Waals surface area contributed by atoms with Crippen LogP contribution in [0.1, 0.15) is 22.4 Å². The fourth-order valence-electron chi connectivity index (χ4n) is 2.18. The van der Waals surface area contributed by atoms with Gasteiger partial charge in [0.05, 0.1) is 19.4 Å². The fourth-order valence-corrected chi connectivity index (χ4v) is 2.18. The molecule has 1 heterocycles. The molecule has 0 bridgehead atoms. The summed E-state index contributed by atoms with van der Waals surface area (Å²) in [6, 6.07) is 4.05. The maximum atomic E-state index is 13.1. The van der Waals surface area contributed by atoms with E-state index in [0.29, 0.717) is 11.3 Å². The minimum Gasteiger partial charge on any atom is -0.496 e. The zero-order valence-electron chi connectivity index (χ0n) is 12.3. The second kappa shape index (κ2) is 6.54. The van der Waals surface area contributed by atoms with Crippen LogP contribution >= 0.6 is 0 Å². The van der Waals surface area contributed by atoms with Crippen molar-refractivity contribution in [2.45, 2.75) is 27.1 Å². The molecule has 21 heavy (non-hydrogen) atoms. The summed E-state index contributed by atoms with van der Waals surface area (Å²) in [5.74, 6) is 0.822. The van der Waals surface area contributed by atoms with Gasteiger partial charge in [0, 0.05) is 22.9 Å². The highest BCUT2D eigenvalue weighted by molar-refractivity contribution is 5.41. The van der Waals surface area contributed by atoms with Gasteiger partial charge in [-0.25, -0.2) is 4.39 Å². The van der Waals surface area contributed by atoms with Crippen LogP contribution in [0, 0.1) is 19.7 Å². The maximum absolute atomic E-state index is 13.1. The number of rotatable bonds is 5. The van der Waals surface area contributed by atoms with Gasteiger partial charge in [0.25, 0.3) is 0 Å². The molecule has 5 heteroatoms. The highest BCUT2D eigenvalue weighted by Crippen LogP contribution is 2.26. The van der Waals surface area contributed by atoms with Gasteiger partial charge >= 0.3 is 0 Å². The molecule has 1 N–H and O–H groups in total. The van der Waals surface area contributed by atoms with Crippen molar-refractivity contribution in [2.75, 3.05) is 7.11 Å². The van der Waals surface area contributed by atoms with Crippen LogP contribution in [-0.4, -0.2) is 17.2 Å². The van der Waals surface area contributed by atoms with Crippen molar-refractivity contribution in [3.05, 3.63) is 52.6 Å². The topological polar surface area (TPSA) is 51.6 Å². The first-order chi connectivity index (χ1) is 10.1. The first-order valence-electron chi connectivity index (χ1n) is 6.58. The van der Waals surface area contributed by atoms with Crippen molar-refractivity contribution in [2.24, 2.45) is 0 Å². The Morgan fingerprint density at radius 1 is 1.29 bits per heavy atom. The molecular weight excluding hydrogens is 273 g/mol. The molecule has 2 rings (SSSR count). The number of halogens is 1. The molecule has 2 aromatic rings. The van der Waals surface area contributed by atoms with Gasteiger partial charge in [-0.2, -0.15) is 0 Å². The first kappa shape index (κ1) is 15.3. The molecule has 0 saturated carbocycles. The van der Waals surface area contributed by atoms with Crippen molar-refractivity contribution >= 4 is 0 Å². The van der Waals surface area contributed by atoms with Crippen LogP contribution in [0.5, 0.6) is 11.5 Å². The quantitative estimate of drug-likeness (QED) is 0.920. The lowest BCUT2D eigenvalue weighted by Crippen LogP contribution is -2.05. The molecule has 0 fully saturated rings. The Hall–Kier alpha value is -2.14. The van der Waals surface area contributed by atoms with Gasteiger partial charge in [0.1, 0.15) is 23.9 Å². The molecule has 0 radical (unpaired) electrons. The number of hydrogen-bond acceptors (Lipinski definition) is 4. The van der Waals surface area contributed by atoms with E-state index in [0.717, 1.165) is 22.6 Å². The molecule has 4 nitrogen and oxygen atoms in total. The predicted molar refractivity (Wildman–Crippen MR) is 76.9 cm³/mol. The molecular formula is C16H18FNO3. The molecule has 0 saturated heterocycles. The normalized spacial score (nSPS) is 10.5. The van der Waals surface area contributed by atoms with Crippen LogP contribution in [0.4, 0.5) is 4.39 Å². The summed E-state index contributed by atoms with van der Waals surface area (Å²) in [5, 5.41) is 9.23. The number of methoxy groups -OCH3 is 1. The van der Waals surface area contributed by atoms with E-state index in [1.54, 1.807) is 13.3 Å². The lowest BCUT2D eigenvalue weighted by atomic mass is 10.1. The monoisotopic (exact) mass is 291 g/mol. The standard InChI is InChI=1S/C16H18FNO3/c1-10-7-18-14(11(2)16(10)20-3)9-21-15-5-4-13(17)6-12(15)8-19/h4-7,19H,8-9H2,1-3H3. The molecule has 0 atom stereocenters. The van der Waals surface area contributed by atoms with E-state index in [9.17, 15) is 9.50 Å². The second-order valence-corrected chi connectivity index (χ2v) is 4.74. The Morgan fingerprint density at radius 3 is 2.71 bits per heavy atom. The zero-order valence-corrected chi connectivity index (χ0v) is 12.3. The maximum Gasteiger partial charge on any atom is 0.131 e. The Morgan fingerprint density at radius 2 is 2.05 bits per heavy atom. The van der Waals surface area contributed by atoms with Crippen LogP contribution in [0.15, 0.2) is 24.4 Å². The lowest BCUT2D eigenvalue weighted by molar-refractivity contribution is 0.256. The second-order valence-electron chi connectivity index (χ2n) is 4.74. The zero-order chi connectivity index (χ0) is 15.4. The third-order valence-corrected chi connectivity index (χ3v) is 3.31. The van der Waals surface area contributed by atoms with E-state index in [2.05, 4.69) is 4.98 Å². The third-order valence-electron chi connectivity index (χ3n) is 3.31. The minimum atomic E-state index is -0.405. The van der Waals surface area contributed by atoms with E-state index in [1.165, 1.54) is 18.2 Å². The van der Waals surface area contributed by atoms with Crippen LogP contribution in [0.3, 0.4) is 0 Å². The number of aromatic nitrogens is 1. The molecule has 0 aliphatic carbocycles. The first-order valence-corrected chi connectivity index (χ1v) is 6.58. The largest absolute Gasteiger partial charge is 0.496 e. The molecule has 112 valence electrons. The van der Waals surface area contributed by atoms with Crippen LogP contribution < -0.4 is 9.47 Å². The van der Waals surface area contributed by atoms with Crippen molar-refractivity contribution in [3.63, 3.8) is 0 Å². The molecule has 0 unspecified atom stereocenters. The van der Waals surface area contributed by atoms with E-state index in [1.807, 2.05) is 13.8 Å². The van der Waals surface area contributed by atoms with Gasteiger partial charge in [0.2, 0.25) is 0 Å². The summed E-state index contributed by atoms with van der Waals surface area (Å²) in [5.41, 5.74) is 3.01. The van der Waals surface area contributed by atoms with Crippen molar-refractivity contribution in [1.82, 2.24) is 4.98 Å². The van der Waals surface area contributed by atoms with E-state index in [-0.39, 0.29) is 13.2 Å². The van der Waals surface area contributed by atoms with Gasteiger partial charge < -0.3 is 14.6 Å². The van der Waals surface area contributed by atoms with Gasteiger partial charge in [0.15, 0.2) is 0 Å². The van der Waals surface area contributed by atoms with Crippen molar-refractivity contribution < 1.29 is 19.0 Å². The van der Waals surface area contributed by atoms with Gasteiger partial charge in [-0.1, -0.05) is 0 Å². The summed E-state index contributed by atoms with van der Waals surface area (Å²) in [4.78, 5) is 4.33. The van der Waals surface area contributed by atoms with Crippen LogP contribution in [0.25, 0.3) is 0 Å². The summed E-state index contributed by atoms with van der Waals surface area (Å²) in [6.45, 7) is 3.78. The number of nitrogens with zero attached hydrogens (tertiary/aromatic N) is 1. The van der Waals surface area contributed by atoms with Crippen molar-refractivity contribution in [3.8, 4) is 11.5 Å². The predicted octanol–water partition coefficient (Wildman–Crippen LogP) is 2.92. The van der Waals surface area contributed by atoms with Gasteiger partial charge in [-0.3, -0.25) is 4.98 Å². The Balaban J connectivity index is 2.21. The summed E-state index contributed by atoms with van der Waals surface area (Å²) in [7, 11) is 1.61. The van der Waals surface area contributed by atoms with E-state index in [4.69, 9.17) is 9.47 Å². The van der Waals surface area contributed by atoms with Crippen LogP contribution in [0.2, 0.25) is 0 Å². The van der Waals surface area contributed by atoms with Crippen LogP contribution in [-0.2, 0) is 13.2 Å². The molecule has 1 aromatic carbocycles. The number of benzene rings is 1. The number of aryl methyl sites for hydroxylation is 1. The Bertz CT molecular complexity index is 644. The Labute approximate surface area is 123 Å². The number of aliphatic hydroxyl groups excluding tert-OH is 1. The lowest BCUT2D eigenvalue weighted by Gasteiger charge is -2.14. The molecule has 0 aliphatic rings. The molecule has 0 amide bonds. The Kier molecular flexibility index (Phi) is 4.75. The highest BCUT2D eigenvalue weighted by Gasteiger charge is 2.11. The third kappa shape index (κ3) is 3.31. The number of ether oxygens (including phenoxy) is 2. The van der Waals surface area contributed by atoms with Gasteiger partial charge in [-0.15, -0.1) is 0 Å². The number of hydrogen-bond donors (Lipinski definition) is 1.